The molecule has 0 spiro atoms. The minimum absolute atomic E-state index is 0.0299. The summed E-state index contributed by atoms with van der Waals surface area (Å²) >= 11 is 0. The maximum atomic E-state index is 12.5. The Morgan fingerprint density at radius 2 is 1.68 bits per heavy atom. The summed E-state index contributed by atoms with van der Waals surface area (Å²) in [6, 6.07) is 5.97. The van der Waals surface area contributed by atoms with Crippen molar-refractivity contribution in [1.29, 1.82) is 0 Å². The number of carbonyl (C=O) groups excluding carboxylic acids is 1. The molecule has 0 aliphatic heterocycles. The van der Waals surface area contributed by atoms with Crippen LogP contribution in [0.15, 0.2) is 24.3 Å². The average molecular weight is 516 g/mol. The lowest BCUT2D eigenvalue weighted by atomic mass is 9.84. The van der Waals surface area contributed by atoms with Crippen molar-refractivity contribution in [3.8, 4) is 16.9 Å². The number of nitrogens with zero attached hydrogens (tertiary/aromatic N) is 1. The monoisotopic (exact) mass is 516 g/mol. The zero-order chi connectivity index (χ0) is 25.1. The number of rotatable bonds is 10. The number of carbonyl (C=O) groups is 1. The summed E-state index contributed by atoms with van der Waals surface area (Å²) in [6.45, 7) is 1.57. The minimum atomic E-state index is -4.72. The maximum Gasteiger partial charge on any atom is 0.524 e. The van der Waals surface area contributed by atoms with Gasteiger partial charge in [-0.25, -0.2) is 9.13 Å². The SMILES string of the molecule is Cc1c(C(N)=O)c(-c2ccc(OP(=O)(O)O)cc2)c(CC2CCCCC2)n1CCOP(=O)(O)O. The number of hydrogen-bond acceptors (Lipinski definition) is 5. The van der Waals surface area contributed by atoms with Gasteiger partial charge in [-0.15, -0.1) is 0 Å². The van der Waals surface area contributed by atoms with E-state index in [1.54, 1.807) is 19.1 Å². The van der Waals surface area contributed by atoms with E-state index in [0.717, 1.165) is 31.4 Å². The first-order valence-electron chi connectivity index (χ1n) is 10.9. The molecule has 1 aromatic carbocycles. The Morgan fingerprint density at radius 1 is 1.06 bits per heavy atom. The van der Waals surface area contributed by atoms with Gasteiger partial charge in [-0.05, 0) is 37.0 Å². The van der Waals surface area contributed by atoms with Crippen molar-refractivity contribution in [2.45, 2.75) is 52.0 Å². The molecule has 0 saturated heterocycles. The molecule has 3 rings (SSSR count). The molecule has 11 nitrogen and oxygen atoms in total. The predicted molar refractivity (Wildman–Crippen MR) is 124 cm³/mol. The van der Waals surface area contributed by atoms with Gasteiger partial charge in [0.2, 0.25) is 0 Å². The average Bonchev–Trinajstić information content (AvgIpc) is 2.99. The fourth-order valence-electron chi connectivity index (χ4n) is 4.66. The Bertz CT molecular complexity index is 1110. The van der Waals surface area contributed by atoms with Crippen LogP contribution in [0.4, 0.5) is 0 Å². The van der Waals surface area contributed by atoms with E-state index in [1.807, 2.05) is 4.57 Å². The highest BCUT2D eigenvalue weighted by Crippen LogP contribution is 2.41. The van der Waals surface area contributed by atoms with Crippen LogP contribution in [0, 0.1) is 12.8 Å². The zero-order valence-corrected chi connectivity index (χ0v) is 20.6. The lowest BCUT2D eigenvalue weighted by molar-refractivity contribution is 0.0999. The van der Waals surface area contributed by atoms with E-state index in [1.165, 1.54) is 18.6 Å². The Balaban J connectivity index is 2.07. The quantitative estimate of drug-likeness (QED) is 0.296. The third kappa shape index (κ3) is 7.02. The summed E-state index contributed by atoms with van der Waals surface area (Å²) in [5, 5.41) is 0. The Morgan fingerprint density at radius 3 is 2.21 bits per heavy atom. The highest BCUT2D eigenvalue weighted by atomic mass is 31.2. The van der Waals surface area contributed by atoms with E-state index >= 15 is 0 Å². The Hall–Kier alpha value is -1.97. The highest BCUT2D eigenvalue weighted by molar-refractivity contribution is 7.46. The van der Waals surface area contributed by atoms with Crippen LogP contribution in [0.2, 0.25) is 0 Å². The minimum Gasteiger partial charge on any atom is -0.404 e. The molecule has 2 aromatic rings. The van der Waals surface area contributed by atoms with Gasteiger partial charge in [-0.3, -0.25) is 19.1 Å². The van der Waals surface area contributed by atoms with Gasteiger partial charge in [0.1, 0.15) is 5.75 Å². The van der Waals surface area contributed by atoms with Crippen LogP contribution in [0.25, 0.3) is 11.1 Å². The normalized spacial score (nSPS) is 15.4. The summed E-state index contributed by atoms with van der Waals surface area (Å²) in [5.41, 5.74) is 8.58. The number of nitrogens with two attached hydrogens (primary N) is 1. The van der Waals surface area contributed by atoms with Crippen LogP contribution < -0.4 is 10.3 Å². The molecule has 1 aromatic heterocycles. The standard InChI is InChI=1S/C21H30N2O9P2/c1-14-19(21(22)24)20(16-7-9-17(10-8-16)32-34(28,29)30)18(13-15-5-3-2-4-6-15)23(14)11-12-31-33(25,26)27/h7-10,15H,2-6,11-13H2,1H3,(H2,22,24)(H2,25,26,27)(H2,28,29,30). The van der Waals surface area contributed by atoms with Crippen molar-refractivity contribution in [1.82, 2.24) is 4.57 Å². The van der Waals surface area contributed by atoms with Crippen molar-refractivity contribution < 1.29 is 42.5 Å². The molecule has 188 valence electrons. The number of amides is 1. The van der Waals surface area contributed by atoms with E-state index in [4.69, 9.17) is 25.3 Å². The Kier molecular flexibility index (Phi) is 8.42. The lowest BCUT2D eigenvalue weighted by Gasteiger charge is -2.23. The fourth-order valence-corrected chi connectivity index (χ4v) is 5.38. The van der Waals surface area contributed by atoms with E-state index in [-0.39, 0.29) is 24.5 Å². The van der Waals surface area contributed by atoms with Gasteiger partial charge < -0.3 is 24.6 Å². The number of benzene rings is 1. The highest BCUT2D eigenvalue weighted by Gasteiger charge is 2.28. The number of aromatic nitrogens is 1. The van der Waals surface area contributed by atoms with Crippen LogP contribution in [-0.4, -0.2) is 36.7 Å². The van der Waals surface area contributed by atoms with Crippen LogP contribution >= 0.6 is 15.6 Å². The number of hydrogen-bond donors (Lipinski definition) is 5. The van der Waals surface area contributed by atoms with Gasteiger partial charge in [-0.1, -0.05) is 44.2 Å². The second kappa shape index (κ2) is 10.7. The zero-order valence-electron chi connectivity index (χ0n) is 18.8. The van der Waals surface area contributed by atoms with Crippen molar-refractivity contribution in [3.63, 3.8) is 0 Å². The van der Waals surface area contributed by atoms with Crippen molar-refractivity contribution in [3.05, 3.63) is 41.2 Å². The van der Waals surface area contributed by atoms with Crippen molar-refractivity contribution in [2.75, 3.05) is 6.61 Å². The first kappa shape index (κ1) is 26.6. The molecule has 1 aliphatic carbocycles. The van der Waals surface area contributed by atoms with Gasteiger partial charge in [0.25, 0.3) is 5.91 Å². The first-order valence-corrected chi connectivity index (χ1v) is 14.0. The van der Waals surface area contributed by atoms with Crippen LogP contribution in [0.3, 0.4) is 0 Å². The molecule has 0 atom stereocenters. The summed E-state index contributed by atoms with van der Waals surface area (Å²) in [4.78, 5) is 48.7. The van der Waals surface area contributed by atoms with E-state index in [0.29, 0.717) is 29.2 Å². The smallest absolute Gasteiger partial charge is 0.404 e. The Labute approximate surface area is 197 Å². The third-order valence-electron chi connectivity index (χ3n) is 6.03. The molecular formula is C21H30N2O9P2. The molecule has 0 bridgehead atoms. The van der Waals surface area contributed by atoms with E-state index in [9.17, 15) is 13.9 Å². The van der Waals surface area contributed by atoms with Crippen LogP contribution in [0.1, 0.15) is 53.8 Å². The predicted octanol–water partition coefficient (Wildman–Crippen LogP) is 3.27. The third-order valence-corrected chi connectivity index (χ3v) is 6.99. The molecule has 1 amide bonds. The van der Waals surface area contributed by atoms with E-state index < -0.39 is 21.6 Å². The maximum absolute atomic E-state index is 12.5. The molecule has 1 saturated carbocycles. The van der Waals surface area contributed by atoms with Crippen LogP contribution in [0.5, 0.6) is 5.75 Å². The largest absolute Gasteiger partial charge is 0.524 e. The summed E-state index contributed by atoms with van der Waals surface area (Å²) in [5.74, 6) is -0.304. The fraction of sp³-hybridized carbons (Fsp3) is 0.476. The van der Waals surface area contributed by atoms with Crippen LogP contribution in [-0.2, 0) is 26.6 Å². The number of phosphoric acid groups is 2. The molecular weight excluding hydrogens is 486 g/mol. The molecule has 0 unspecified atom stereocenters. The summed E-state index contributed by atoms with van der Waals surface area (Å²) in [7, 11) is -9.38. The van der Waals surface area contributed by atoms with Crippen molar-refractivity contribution in [2.24, 2.45) is 11.7 Å². The second-order valence-electron chi connectivity index (χ2n) is 8.44. The van der Waals surface area contributed by atoms with Gasteiger partial charge in [0, 0.05) is 23.5 Å². The molecule has 13 heteroatoms. The molecule has 0 radical (unpaired) electrons. The first-order chi connectivity index (χ1) is 15.9. The summed E-state index contributed by atoms with van der Waals surface area (Å²) in [6.07, 6.45) is 6.09. The molecule has 1 aliphatic rings. The van der Waals surface area contributed by atoms with Gasteiger partial charge in [-0.2, -0.15) is 0 Å². The van der Waals surface area contributed by atoms with Gasteiger partial charge in [0.05, 0.1) is 12.2 Å². The lowest BCUT2D eigenvalue weighted by Crippen LogP contribution is -2.16. The molecule has 1 heterocycles. The van der Waals surface area contributed by atoms with E-state index in [2.05, 4.69) is 9.05 Å². The molecule has 6 N–H and O–H groups in total. The van der Waals surface area contributed by atoms with Gasteiger partial charge >= 0.3 is 15.6 Å². The molecule has 1 fully saturated rings. The molecule has 34 heavy (non-hydrogen) atoms. The topological polar surface area (TPSA) is 182 Å². The summed E-state index contributed by atoms with van der Waals surface area (Å²) < 4.78 is 33.4. The second-order valence-corrected chi connectivity index (χ2v) is 10.8. The van der Waals surface area contributed by atoms with Crippen molar-refractivity contribution >= 4 is 21.6 Å². The number of primary amides is 1. The number of phosphoric ester groups is 2. The van der Waals surface area contributed by atoms with Gasteiger partial charge in [0.15, 0.2) is 0 Å².